The number of ether oxygens (including phenoxy) is 2. The first kappa shape index (κ1) is 16.2. The third-order valence-corrected chi connectivity index (χ3v) is 4.79. The molecule has 3 aromatic rings. The Morgan fingerprint density at radius 3 is 2.76 bits per heavy atom. The van der Waals surface area contributed by atoms with Crippen LogP contribution in [-0.4, -0.2) is 16.6 Å². The fraction of sp³-hybridized carbons (Fsp3) is 0.250. The zero-order valence-electron chi connectivity index (χ0n) is 14.0. The minimum Gasteiger partial charge on any atom is -0.454 e. The molecule has 128 valence electrons. The number of benzene rings is 2. The monoisotopic (exact) mass is 398 g/mol. The van der Waals surface area contributed by atoms with Crippen molar-refractivity contribution in [2.75, 3.05) is 6.79 Å². The Bertz CT molecular complexity index is 904. The molecule has 4 rings (SSSR count). The predicted molar refractivity (Wildman–Crippen MR) is 102 cm³/mol. The number of nitrogens with zero attached hydrogens (tertiary/aromatic N) is 2. The topological polar surface area (TPSA) is 36.3 Å². The summed E-state index contributed by atoms with van der Waals surface area (Å²) in [5.74, 6) is 1.57. The van der Waals surface area contributed by atoms with Gasteiger partial charge in [-0.3, -0.25) is 4.68 Å². The van der Waals surface area contributed by atoms with Crippen molar-refractivity contribution in [3.63, 3.8) is 0 Å². The summed E-state index contributed by atoms with van der Waals surface area (Å²) < 4.78 is 14.1. The molecule has 0 bridgehead atoms. The van der Waals surface area contributed by atoms with Crippen LogP contribution in [0.3, 0.4) is 0 Å². The van der Waals surface area contributed by atoms with Gasteiger partial charge in [0.05, 0.1) is 11.4 Å². The lowest BCUT2D eigenvalue weighted by Gasteiger charge is -2.07. The second-order valence-electron chi connectivity index (χ2n) is 6.07. The van der Waals surface area contributed by atoms with Gasteiger partial charge in [0.15, 0.2) is 11.5 Å². The molecule has 25 heavy (non-hydrogen) atoms. The second kappa shape index (κ2) is 6.92. The zero-order chi connectivity index (χ0) is 17.2. The van der Waals surface area contributed by atoms with E-state index >= 15 is 0 Å². The number of halogens is 1. The van der Waals surface area contributed by atoms with Crippen molar-refractivity contribution in [1.29, 1.82) is 0 Å². The van der Waals surface area contributed by atoms with Gasteiger partial charge in [-0.2, -0.15) is 5.10 Å². The van der Waals surface area contributed by atoms with Gasteiger partial charge >= 0.3 is 0 Å². The largest absolute Gasteiger partial charge is 0.454 e. The quantitative estimate of drug-likeness (QED) is 0.568. The number of hydrogen-bond donors (Lipinski definition) is 0. The molecule has 2 aromatic carbocycles. The van der Waals surface area contributed by atoms with Gasteiger partial charge in [-0.15, -0.1) is 0 Å². The molecule has 2 heterocycles. The fourth-order valence-corrected chi connectivity index (χ4v) is 3.37. The van der Waals surface area contributed by atoms with Gasteiger partial charge in [-0.25, -0.2) is 0 Å². The maximum Gasteiger partial charge on any atom is 0.231 e. The maximum absolute atomic E-state index is 5.50. The van der Waals surface area contributed by atoms with E-state index in [1.54, 1.807) is 0 Å². The Morgan fingerprint density at radius 2 is 1.92 bits per heavy atom. The van der Waals surface area contributed by atoms with Gasteiger partial charge < -0.3 is 9.47 Å². The van der Waals surface area contributed by atoms with E-state index in [-0.39, 0.29) is 6.79 Å². The lowest BCUT2D eigenvalue weighted by atomic mass is 10.1. The van der Waals surface area contributed by atoms with E-state index in [1.807, 2.05) is 24.3 Å². The highest BCUT2D eigenvalue weighted by molar-refractivity contribution is 9.10. The highest BCUT2D eigenvalue weighted by atomic mass is 79.9. The summed E-state index contributed by atoms with van der Waals surface area (Å²) in [5.41, 5.74) is 4.27. The smallest absolute Gasteiger partial charge is 0.231 e. The molecule has 4 nitrogen and oxygen atoms in total. The first-order valence-electron chi connectivity index (χ1n) is 8.48. The van der Waals surface area contributed by atoms with E-state index in [9.17, 15) is 0 Å². The van der Waals surface area contributed by atoms with Gasteiger partial charge in [0, 0.05) is 22.1 Å². The van der Waals surface area contributed by atoms with Gasteiger partial charge in [0.25, 0.3) is 0 Å². The van der Waals surface area contributed by atoms with Crippen LogP contribution in [0.1, 0.15) is 19.8 Å². The van der Waals surface area contributed by atoms with Crippen LogP contribution in [-0.2, 0) is 6.54 Å². The van der Waals surface area contributed by atoms with Gasteiger partial charge in [-0.1, -0.05) is 41.4 Å². The lowest BCUT2D eigenvalue weighted by molar-refractivity contribution is 0.174. The average Bonchev–Trinajstić information content (AvgIpc) is 3.26. The van der Waals surface area contributed by atoms with Crippen LogP contribution in [0.2, 0.25) is 0 Å². The van der Waals surface area contributed by atoms with Crippen molar-refractivity contribution >= 4 is 15.9 Å². The van der Waals surface area contributed by atoms with Gasteiger partial charge in [-0.05, 0) is 42.8 Å². The Kier molecular flexibility index (Phi) is 4.49. The third kappa shape index (κ3) is 3.29. The SMILES string of the molecule is CCCCn1nc(-c2ccc3c(c2)OCO3)cc1-c1cccc(Br)c1. The standard InChI is InChI=1S/C20H19BrN2O2/c1-2-3-9-23-18(15-5-4-6-16(21)10-15)12-17(22-23)14-7-8-19-20(11-14)25-13-24-19/h4-8,10-12H,2-3,9,13H2,1H3. The molecular formula is C20H19BrN2O2. The molecule has 0 spiro atoms. The normalized spacial score (nSPS) is 12.6. The summed E-state index contributed by atoms with van der Waals surface area (Å²) in [6.45, 7) is 3.39. The Morgan fingerprint density at radius 1 is 1.04 bits per heavy atom. The third-order valence-electron chi connectivity index (χ3n) is 4.29. The van der Waals surface area contributed by atoms with Crippen LogP contribution in [0.25, 0.3) is 22.5 Å². The van der Waals surface area contributed by atoms with Crippen molar-refractivity contribution in [1.82, 2.24) is 9.78 Å². The number of aryl methyl sites for hydroxylation is 1. The fourth-order valence-electron chi connectivity index (χ4n) is 2.97. The molecule has 1 aliphatic rings. The number of aromatic nitrogens is 2. The first-order chi connectivity index (χ1) is 12.2. The molecule has 5 heteroatoms. The van der Waals surface area contributed by atoms with E-state index in [0.717, 1.165) is 57.9 Å². The van der Waals surface area contributed by atoms with Crippen LogP contribution in [0.15, 0.2) is 53.0 Å². The molecule has 1 aromatic heterocycles. The number of rotatable bonds is 5. The van der Waals surface area contributed by atoms with Crippen molar-refractivity contribution in [3.8, 4) is 34.0 Å². The van der Waals surface area contributed by atoms with Crippen molar-refractivity contribution in [3.05, 3.63) is 53.0 Å². The predicted octanol–water partition coefficient (Wildman–Crippen LogP) is 5.51. The van der Waals surface area contributed by atoms with E-state index in [2.05, 4.69) is 51.8 Å². The summed E-state index contributed by atoms with van der Waals surface area (Å²) in [6, 6.07) is 16.5. The van der Waals surface area contributed by atoms with Gasteiger partial charge in [0.2, 0.25) is 6.79 Å². The second-order valence-corrected chi connectivity index (χ2v) is 6.99. The number of hydrogen-bond acceptors (Lipinski definition) is 3. The lowest BCUT2D eigenvalue weighted by Crippen LogP contribution is -2.02. The molecule has 0 atom stereocenters. The molecule has 0 N–H and O–H groups in total. The van der Waals surface area contributed by atoms with E-state index in [0.29, 0.717) is 0 Å². The zero-order valence-corrected chi connectivity index (χ0v) is 15.6. The Hall–Kier alpha value is -2.27. The number of unbranched alkanes of at least 4 members (excludes halogenated alkanes) is 1. The first-order valence-corrected chi connectivity index (χ1v) is 9.27. The minimum atomic E-state index is 0.285. The van der Waals surface area contributed by atoms with Gasteiger partial charge in [0.1, 0.15) is 0 Å². The maximum atomic E-state index is 5.50. The molecule has 0 amide bonds. The highest BCUT2D eigenvalue weighted by Crippen LogP contribution is 2.36. The Balaban J connectivity index is 1.76. The molecule has 1 aliphatic heterocycles. The van der Waals surface area contributed by atoms with Crippen molar-refractivity contribution in [2.24, 2.45) is 0 Å². The molecule has 0 saturated heterocycles. The van der Waals surface area contributed by atoms with Crippen LogP contribution < -0.4 is 9.47 Å². The Labute approximate surface area is 155 Å². The van der Waals surface area contributed by atoms with Crippen molar-refractivity contribution < 1.29 is 9.47 Å². The summed E-state index contributed by atoms with van der Waals surface area (Å²) in [4.78, 5) is 0. The van der Waals surface area contributed by atoms with E-state index in [4.69, 9.17) is 14.6 Å². The average molecular weight is 399 g/mol. The summed E-state index contributed by atoms with van der Waals surface area (Å²) in [6.07, 6.45) is 2.24. The van der Waals surface area contributed by atoms with Crippen LogP contribution >= 0.6 is 15.9 Å². The summed E-state index contributed by atoms with van der Waals surface area (Å²) in [5, 5.41) is 4.85. The molecule has 0 fully saturated rings. The van der Waals surface area contributed by atoms with Crippen LogP contribution in [0.5, 0.6) is 11.5 Å². The minimum absolute atomic E-state index is 0.285. The number of fused-ring (bicyclic) bond motifs is 1. The molecule has 0 unspecified atom stereocenters. The van der Waals surface area contributed by atoms with Crippen LogP contribution in [0, 0.1) is 0 Å². The highest BCUT2D eigenvalue weighted by Gasteiger charge is 2.17. The van der Waals surface area contributed by atoms with Crippen LogP contribution in [0.4, 0.5) is 0 Å². The van der Waals surface area contributed by atoms with E-state index < -0.39 is 0 Å². The molecule has 0 radical (unpaired) electrons. The molecular weight excluding hydrogens is 380 g/mol. The molecule has 0 saturated carbocycles. The summed E-state index contributed by atoms with van der Waals surface area (Å²) >= 11 is 3.56. The van der Waals surface area contributed by atoms with Crippen molar-refractivity contribution in [2.45, 2.75) is 26.3 Å². The summed E-state index contributed by atoms with van der Waals surface area (Å²) in [7, 11) is 0. The van der Waals surface area contributed by atoms with E-state index in [1.165, 1.54) is 0 Å². The molecule has 0 aliphatic carbocycles.